The summed E-state index contributed by atoms with van der Waals surface area (Å²) >= 11 is 1.13. The Kier molecular flexibility index (Phi) is 6.74. The average molecular weight is 423 g/mol. The van der Waals surface area contributed by atoms with Crippen molar-refractivity contribution in [1.82, 2.24) is 4.31 Å². The number of halogens is 1. The molecule has 2 aromatic rings. The second-order valence-corrected chi connectivity index (χ2v) is 9.99. The molecule has 0 unspecified atom stereocenters. The highest BCUT2D eigenvalue weighted by Gasteiger charge is 2.25. The van der Waals surface area contributed by atoms with Gasteiger partial charge in [0.2, 0.25) is 15.9 Å². The molecule has 28 heavy (non-hydrogen) atoms. The summed E-state index contributed by atoms with van der Waals surface area (Å²) in [6.45, 7) is 2.79. The fourth-order valence-electron chi connectivity index (χ4n) is 2.99. The maximum atomic E-state index is 13.7. The van der Waals surface area contributed by atoms with Crippen LogP contribution in [0.25, 0.3) is 0 Å². The van der Waals surface area contributed by atoms with Crippen LogP contribution in [-0.2, 0) is 14.8 Å². The van der Waals surface area contributed by atoms with Gasteiger partial charge in [-0.05, 0) is 56.2 Å². The van der Waals surface area contributed by atoms with E-state index in [4.69, 9.17) is 0 Å². The van der Waals surface area contributed by atoms with Crippen molar-refractivity contribution >= 4 is 33.4 Å². The number of carbonyl (C=O) groups excluding carboxylic acids is 1. The zero-order chi connectivity index (χ0) is 20.1. The summed E-state index contributed by atoms with van der Waals surface area (Å²) < 4.78 is 40.6. The molecular weight excluding hydrogens is 399 g/mol. The lowest BCUT2D eigenvalue weighted by atomic mass is 10.2. The predicted octanol–water partition coefficient (Wildman–Crippen LogP) is 4.12. The molecule has 0 radical (unpaired) electrons. The first kappa shape index (κ1) is 20.8. The number of piperidine rings is 1. The highest BCUT2D eigenvalue weighted by molar-refractivity contribution is 8.00. The maximum absolute atomic E-state index is 13.7. The first-order valence-electron chi connectivity index (χ1n) is 9.20. The van der Waals surface area contributed by atoms with Gasteiger partial charge in [-0.15, -0.1) is 11.8 Å². The molecule has 1 N–H and O–H groups in total. The van der Waals surface area contributed by atoms with Crippen molar-refractivity contribution in [2.75, 3.05) is 18.4 Å². The van der Waals surface area contributed by atoms with E-state index in [0.29, 0.717) is 23.7 Å². The summed E-state index contributed by atoms with van der Waals surface area (Å²) in [5, 5.41) is 2.24. The van der Waals surface area contributed by atoms with E-state index >= 15 is 0 Å². The number of anilines is 1. The number of rotatable bonds is 6. The van der Waals surface area contributed by atoms with Gasteiger partial charge in [-0.2, -0.15) is 4.31 Å². The van der Waals surface area contributed by atoms with Crippen LogP contribution >= 0.6 is 11.8 Å². The van der Waals surface area contributed by atoms with Crippen LogP contribution in [0.15, 0.2) is 58.3 Å². The molecule has 1 amide bonds. The third kappa shape index (κ3) is 4.92. The fraction of sp³-hybridized carbons (Fsp3) is 0.350. The van der Waals surface area contributed by atoms with Crippen molar-refractivity contribution in [3.63, 3.8) is 0 Å². The number of carbonyl (C=O) groups is 1. The highest BCUT2D eigenvalue weighted by Crippen LogP contribution is 2.27. The van der Waals surface area contributed by atoms with Crippen LogP contribution in [-0.4, -0.2) is 37.0 Å². The van der Waals surface area contributed by atoms with E-state index in [1.807, 2.05) is 0 Å². The van der Waals surface area contributed by atoms with E-state index in [0.717, 1.165) is 31.0 Å². The SMILES string of the molecule is C[C@H](Sc1ccccc1F)C(=O)Nc1ccc(S(=O)(=O)N2CCCCC2)cc1. The standard InChI is InChI=1S/C20H23FN2O3S2/c1-15(27-19-8-4-3-7-18(19)21)20(24)22-16-9-11-17(12-10-16)28(25,26)23-13-5-2-6-14-23/h3-4,7-12,15H,2,5-6,13-14H2,1H3,(H,22,24)/t15-/m0/s1. The Bertz CT molecular complexity index is 927. The zero-order valence-electron chi connectivity index (χ0n) is 15.6. The largest absolute Gasteiger partial charge is 0.325 e. The molecule has 0 aliphatic carbocycles. The minimum absolute atomic E-state index is 0.223. The molecule has 3 rings (SSSR count). The Hall–Kier alpha value is -1.90. The molecule has 1 aliphatic heterocycles. The van der Waals surface area contributed by atoms with E-state index in [9.17, 15) is 17.6 Å². The molecule has 0 aromatic heterocycles. The number of nitrogens with zero attached hydrogens (tertiary/aromatic N) is 1. The molecule has 1 heterocycles. The van der Waals surface area contributed by atoms with Crippen LogP contribution in [0, 0.1) is 5.82 Å². The molecule has 8 heteroatoms. The first-order valence-corrected chi connectivity index (χ1v) is 11.5. The monoisotopic (exact) mass is 422 g/mol. The van der Waals surface area contributed by atoms with Crippen LogP contribution in [0.1, 0.15) is 26.2 Å². The van der Waals surface area contributed by atoms with E-state index in [1.54, 1.807) is 37.3 Å². The van der Waals surface area contributed by atoms with Gasteiger partial charge in [0, 0.05) is 23.7 Å². The number of amides is 1. The molecule has 0 bridgehead atoms. The molecule has 1 aliphatic rings. The lowest BCUT2D eigenvalue weighted by Crippen LogP contribution is -2.35. The summed E-state index contributed by atoms with van der Waals surface area (Å²) in [5.74, 6) is -0.640. The third-order valence-electron chi connectivity index (χ3n) is 4.58. The molecule has 1 fully saturated rings. The summed E-state index contributed by atoms with van der Waals surface area (Å²) in [7, 11) is -3.49. The van der Waals surface area contributed by atoms with E-state index in [2.05, 4.69) is 5.32 Å². The average Bonchev–Trinajstić information content (AvgIpc) is 2.70. The van der Waals surface area contributed by atoms with Crippen molar-refractivity contribution in [2.24, 2.45) is 0 Å². The van der Waals surface area contributed by atoms with Crippen molar-refractivity contribution < 1.29 is 17.6 Å². The molecular formula is C20H23FN2O3S2. The molecule has 1 saturated heterocycles. The fourth-order valence-corrected chi connectivity index (χ4v) is 5.39. The quantitative estimate of drug-likeness (QED) is 0.711. The van der Waals surface area contributed by atoms with Gasteiger partial charge < -0.3 is 5.32 Å². The lowest BCUT2D eigenvalue weighted by Gasteiger charge is -2.25. The van der Waals surface area contributed by atoms with Crippen LogP contribution in [0.3, 0.4) is 0 Å². The van der Waals surface area contributed by atoms with Gasteiger partial charge in [-0.1, -0.05) is 18.6 Å². The number of hydrogen-bond donors (Lipinski definition) is 1. The first-order chi connectivity index (χ1) is 13.4. The van der Waals surface area contributed by atoms with E-state index < -0.39 is 15.3 Å². The summed E-state index contributed by atoms with van der Waals surface area (Å²) in [6.07, 6.45) is 2.82. The summed E-state index contributed by atoms with van der Waals surface area (Å²) in [6, 6.07) is 12.5. The summed E-state index contributed by atoms with van der Waals surface area (Å²) in [4.78, 5) is 13.0. The van der Waals surface area contributed by atoms with Gasteiger partial charge in [-0.25, -0.2) is 12.8 Å². The van der Waals surface area contributed by atoms with Crippen molar-refractivity contribution in [3.8, 4) is 0 Å². The molecule has 150 valence electrons. The van der Waals surface area contributed by atoms with Crippen LogP contribution in [0.5, 0.6) is 0 Å². The van der Waals surface area contributed by atoms with Crippen molar-refractivity contribution in [2.45, 2.75) is 41.2 Å². The van der Waals surface area contributed by atoms with E-state index in [1.165, 1.54) is 22.5 Å². The highest BCUT2D eigenvalue weighted by atomic mass is 32.2. The molecule has 0 spiro atoms. The third-order valence-corrected chi connectivity index (χ3v) is 7.65. The van der Waals surface area contributed by atoms with Crippen molar-refractivity contribution in [3.05, 3.63) is 54.3 Å². The van der Waals surface area contributed by atoms with E-state index in [-0.39, 0.29) is 16.6 Å². The van der Waals surface area contributed by atoms with Crippen LogP contribution < -0.4 is 5.32 Å². The van der Waals surface area contributed by atoms with Gasteiger partial charge in [0.15, 0.2) is 0 Å². The topological polar surface area (TPSA) is 66.5 Å². The Labute approximate surface area is 169 Å². The molecule has 2 aromatic carbocycles. The summed E-state index contributed by atoms with van der Waals surface area (Å²) in [5.41, 5.74) is 0.503. The van der Waals surface area contributed by atoms with Gasteiger partial charge in [0.1, 0.15) is 5.82 Å². The smallest absolute Gasteiger partial charge is 0.243 e. The number of sulfonamides is 1. The van der Waals surface area contributed by atoms with Gasteiger partial charge in [0.25, 0.3) is 0 Å². The Morgan fingerprint density at radius 3 is 2.36 bits per heavy atom. The normalized spacial score (nSPS) is 16.5. The molecule has 1 atom stereocenters. The van der Waals surface area contributed by atoms with Crippen LogP contribution in [0.4, 0.5) is 10.1 Å². The second-order valence-electron chi connectivity index (χ2n) is 6.67. The second kappa shape index (κ2) is 9.07. The zero-order valence-corrected chi connectivity index (χ0v) is 17.2. The Morgan fingerprint density at radius 2 is 1.71 bits per heavy atom. The number of thioether (sulfide) groups is 1. The Morgan fingerprint density at radius 1 is 1.07 bits per heavy atom. The van der Waals surface area contributed by atoms with Gasteiger partial charge in [0.05, 0.1) is 10.1 Å². The van der Waals surface area contributed by atoms with Crippen LogP contribution in [0.2, 0.25) is 0 Å². The molecule has 0 saturated carbocycles. The number of hydrogen-bond acceptors (Lipinski definition) is 4. The maximum Gasteiger partial charge on any atom is 0.243 e. The number of benzene rings is 2. The Balaban J connectivity index is 1.63. The predicted molar refractivity (Wildman–Crippen MR) is 109 cm³/mol. The minimum Gasteiger partial charge on any atom is -0.325 e. The van der Waals surface area contributed by atoms with Crippen molar-refractivity contribution in [1.29, 1.82) is 0 Å². The lowest BCUT2D eigenvalue weighted by molar-refractivity contribution is -0.115. The number of nitrogens with one attached hydrogen (secondary N) is 1. The van der Waals surface area contributed by atoms with Gasteiger partial charge in [-0.3, -0.25) is 4.79 Å². The minimum atomic E-state index is -3.49. The van der Waals surface area contributed by atoms with Gasteiger partial charge >= 0.3 is 0 Å². The molecule has 5 nitrogen and oxygen atoms in total.